The standard InChI is InChI=1S/C11H13NO4/c1-7(2)11(15)16-6-8-4-3-5-9(12-8)10(13)14/h3-5,7H,6H2,1-2H3,(H,13,14). The molecule has 0 spiro atoms. The lowest BCUT2D eigenvalue weighted by Gasteiger charge is -2.06. The normalized spacial score (nSPS) is 10.2. The Hall–Kier alpha value is -1.91. The maximum Gasteiger partial charge on any atom is 0.354 e. The average Bonchev–Trinajstić information content (AvgIpc) is 2.26. The fraction of sp³-hybridized carbons (Fsp3) is 0.364. The topological polar surface area (TPSA) is 76.5 Å². The van der Waals surface area contributed by atoms with Crippen LogP contribution in [-0.2, 0) is 16.1 Å². The van der Waals surface area contributed by atoms with Gasteiger partial charge in [-0.3, -0.25) is 4.79 Å². The molecule has 1 aromatic heterocycles. The number of carboxylic acid groups (broad SMARTS) is 1. The van der Waals surface area contributed by atoms with Gasteiger partial charge in [0.05, 0.1) is 11.6 Å². The van der Waals surface area contributed by atoms with Gasteiger partial charge in [-0.25, -0.2) is 9.78 Å². The highest BCUT2D eigenvalue weighted by Gasteiger charge is 2.10. The monoisotopic (exact) mass is 223 g/mol. The van der Waals surface area contributed by atoms with Crippen molar-refractivity contribution in [1.82, 2.24) is 4.98 Å². The second kappa shape index (κ2) is 5.25. The van der Waals surface area contributed by atoms with Crippen LogP contribution in [0.4, 0.5) is 0 Å². The summed E-state index contributed by atoms with van der Waals surface area (Å²) in [6.45, 7) is 3.45. The van der Waals surface area contributed by atoms with Crippen molar-refractivity contribution in [2.45, 2.75) is 20.5 Å². The molecule has 86 valence electrons. The lowest BCUT2D eigenvalue weighted by Crippen LogP contribution is -2.12. The number of aromatic carboxylic acids is 1. The molecule has 0 aliphatic rings. The molecule has 1 heterocycles. The molecule has 0 aliphatic heterocycles. The Kier molecular flexibility index (Phi) is 3.99. The summed E-state index contributed by atoms with van der Waals surface area (Å²) in [6.07, 6.45) is 0. The Morgan fingerprint density at radius 2 is 2.12 bits per heavy atom. The third-order valence-electron chi connectivity index (χ3n) is 1.86. The Balaban J connectivity index is 2.64. The summed E-state index contributed by atoms with van der Waals surface area (Å²) < 4.78 is 4.93. The van der Waals surface area contributed by atoms with E-state index in [1.807, 2.05) is 0 Å². The molecule has 1 rings (SSSR count). The zero-order valence-electron chi connectivity index (χ0n) is 9.14. The highest BCUT2D eigenvalue weighted by Crippen LogP contribution is 2.04. The van der Waals surface area contributed by atoms with Crippen molar-refractivity contribution in [3.05, 3.63) is 29.6 Å². The van der Waals surface area contributed by atoms with Crippen LogP contribution >= 0.6 is 0 Å². The van der Waals surface area contributed by atoms with Crippen LogP contribution < -0.4 is 0 Å². The lowest BCUT2D eigenvalue weighted by molar-refractivity contribution is -0.148. The van der Waals surface area contributed by atoms with E-state index in [1.165, 1.54) is 6.07 Å². The van der Waals surface area contributed by atoms with E-state index in [-0.39, 0.29) is 24.2 Å². The quantitative estimate of drug-likeness (QED) is 0.782. The van der Waals surface area contributed by atoms with Gasteiger partial charge in [-0.1, -0.05) is 19.9 Å². The fourth-order valence-corrected chi connectivity index (χ4v) is 0.991. The summed E-state index contributed by atoms with van der Waals surface area (Å²) in [7, 11) is 0. The number of hydrogen-bond donors (Lipinski definition) is 1. The molecular formula is C11H13NO4. The molecule has 1 aromatic rings. The van der Waals surface area contributed by atoms with E-state index in [4.69, 9.17) is 9.84 Å². The zero-order chi connectivity index (χ0) is 12.1. The molecule has 0 unspecified atom stereocenters. The first-order valence-electron chi connectivity index (χ1n) is 4.86. The number of hydrogen-bond acceptors (Lipinski definition) is 4. The number of ether oxygens (including phenoxy) is 1. The van der Waals surface area contributed by atoms with Crippen molar-refractivity contribution in [1.29, 1.82) is 0 Å². The molecule has 0 atom stereocenters. The maximum absolute atomic E-state index is 11.2. The minimum Gasteiger partial charge on any atom is -0.477 e. The summed E-state index contributed by atoms with van der Waals surface area (Å²) in [5, 5.41) is 8.70. The number of pyridine rings is 1. The first-order chi connectivity index (χ1) is 7.50. The van der Waals surface area contributed by atoms with Crippen LogP contribution in [0.2, 0.25) is 0 Å². The third kappa shape index (κ3) is 3.34. The number of carbonyl (C=O) groups is 2. The van der Waals surface area contributed by atoms with Crippen molar-refractivity contribution in [3.8, 4) is 0 Å². The summed E-state index contributed by atoms with van der Waals surface area (Å²) in [5.74, 6) is -1.64. The summed E-state index contributed by atoms with van der Waals surface area (Å²) in [5.41, 5.74) is 0.368. The van der Waals surface area contributed by atoms with Crippen LogP contribution in [0.3, 0.4) is 0 Å². The van der Waals surface area contributed by atoms with Crippen molar-refractivity contribution < 1.29 is 19.4 Å². The Morgan fingerprint density at radius 3 is 2.69 bits per heavy atom. The number of carboxylic acids is 1. The van der Waals surface area contributed by atoms with E-state index in [2.05, 4.69) is 4.98 Å². The molecule has 0 amide bonds. The molecule has 0 radical (unpaired) electrons. The van der Waals surface area contributed by atoms with Gasteiger partial charge in [0.25, 0.3) is 0 Å². The highest BCUT2D eigenvalue weighted by molar-refractivity contribution is 5.85. The summed E-state index contributed by atoms with van der Waals surface area (Å²) in [6, 6.07) is 4.56. The van der Waals surface area contributed by atoms with Crippen LogP contribution in [0.1, 0.15) is 30.0 Å². The van der Waals surface area contributed by atoms with Crippen LogP contribution in [0.5, 0.6) is 0 Å². The van der Waals surface area contributed by atoms with Crippen LogP contribution in [0.15, 0.2) is 18.2 Å². The minimum absolute atomic E-state index is 0.00185. The predicted octanol–water partition coefficient (Wildman–Crippen LogP) is 1.48. The zero-order valence-corrected chi connectivity index (χ0v) is 9.14. The second-order valence-corrected chi connectivity index (χ2v) is 3.58. The van der Waals surface area contributed by atoms with Crippen molar-refractivity contribution >= 4 is 11.9 Å². The van der Waals surface area contributed by atoms with Crippen LogP contribution in [0, 0.1) is 5.92 Å². The van der Waals surface area contributed by atoms with E-state index >= 15 is 0 Å². The van der Waals surface area contributed by atoms with Gasteiger partial charge in [0.15, 0.2) is 0 Å². The average molecular weight is 223 g/mol. The smallest absolute Gasteiger partial charge is 0.354 e. The van der Waals surface area contributed by atoms with Gasteiger partial charge < -0.3 is 9.84 Å². The molecule has 16 heavy (non-hydrogen) atoms. The number of aromatic nitrogens is 1. The Bertz CT molecular complexity index is 401. The molecule has 0 fully saturated rings. The molecule has 0 aliphatic carbocycles. The minimum atomic E-state index is -1.10. The van der Waals surface area contributed by atoms with Gasteiger partial charge in [-0.15, -0.1) is 0 Å². The largest absolute Gasteiger partial charge is 0.477 e. The van der Waals surface area contributed by atoms with Gasteiger partial charge in [0, 0.05) is 0 Å². The second-order valence-electron chi connectivity index (χ2n) is 3.58. The third-order valence-corrected chi connectivity index (χ3v) is 1.86. The molecular weight excluding hydrogens is 210 g/mol. The van der Waals surface area contributed by atoms with Gasteiger partial charge in [-0.2, -0.15) is 0 Å². The van der Waals surface area contributed by atoms with Gasteiger partial charge in [0.2, 0.25) is 0 Å². The molecule has 1 N–H and O–H groups in total. The first kappa shape index (κ1) is 12.2. The van der Waals surface area contributed by atoms with E-state index < -0.39 is 5.97 Å². The molecule has 5 nitrogen and oxygen atoms in total. The van der Waals surface area contributed by atoms with Crippen molar-refractivity contribution in [3.63, 3.8) is 0 Å². The molecule has 0 bridgehead atoms. The number of carbonyl (C=O) groups excluding carboxylic acids is 1. The maximum atomic E-state index is 11.2. The predicted molar refractivity (Wildman–Crippen MR) is 55.8 cm³/mol. The van der Waals surface area contributed by atoms with E-state index in [0.29, 0.717) is 5.69 Å². The van der Waals surface area contributed by atoms with E-state index in [9.17, 15) is 9.59 Å². The van der Waals surface area contributed by atoms with E-state index in [0.717, 1.165) is 0 Å². The van der Waals surface area contributed by atoms with Gasteiger partial charge >= 0.3 is 11.9 Å². The number of esters is 1. The van der Waals surface area contributed by atoms with Crippen molar-refractivity contribution in [2.24, 2.45) is 5.92 Å². The molecule has 5 heteroatoms. The first-order valence-corrected chi connectivity index (χ1v) is 4.86. The number of rotatable bonds is 4. The summed E-state index contributed by atoms with van der Waals surface area (Å²) >= 11 is 0. The fourth-order valence-electron chi connectivity index (χ4n) is 0.991. The highest BCUT2D eigenvalue weighted by atomic mass is 16.5. The summed E-state index contributed by atoms with van der Waals surface area (Å²) in [4.78, 5) is 25.6. The van der Waals surface area contributed by atoms with Crippen molar-refractivity contribution in [2.75, 3.05) is 0 Å². The van der Waals surface area contributed by atoms with Crippen LogP contribution in [-0.4, -0.2) is 22.0 Å². The van der Waals surface area contributed by atoms with Crippen LogP contribution in [0.25, 0.3) is 0 Å². The lowest BCUT2D eigenvalue weighted by atomic mass is 10.2. The van der Waals surface area contributed by atoms with E-state index in [1.54, 1.807) is 26.0 Å². The molecule has 0 saturated heterocycles. The SMILES string of the molecule is CC(C)C(=O)OCc1cccc(C(=O)O)n1. The van der Waals surface area contributed by atoms with Gasteiger partial charge in [0.1, 0.15) is 12.3 Å². The van der Waals surface area contributed by atoms with Gasteiger partial charge in [-0.05, 0) is 12.1 Å². The Morgan fingerprint density at radius 1 is 1.44 bits per heavy atom. The Labute approximate surface area is 93.1 Å². The number of nitrogens with zero attached hydrogens (tertiary/aromatic N) is 1. The molecule has 0 saturated carbocycles. The molecule has 0 aromatic carbocycles.